The normalized spacial score (nSPS) is 17.7. The lowest BCUT2D eigenvalue weighted by Crippen LogP contribution is -2.49. The zero-order valence-corrected chi connectivity index (χ0v) is 16.9. The molecule has 1 aromatic heterocycles. The standard InChI is InChI=1S/C20H25Cl2N3O2/c1-15(16-2-4-17(21)5-3-16)27-14-18(26)13-24-8-10-25(11-9-24)20-6-7-23-12-19(20)22/h2-7,12,15,18,26H,8-11,13-14H2,1H3. The van der Waals surface area contributed by atoms with Crippen LogP contribution in [-0.2, 0) is 4.74 Å². The maximum Gasteiger partial charge on any atom is 0.0900 e. The van der Waals surface area contributed by atoms with Gasteiger partial charge in [0.25, 0.3) is 0 Å². The van der Waals surface area contributed by atoms with Gasteiger partial charge >= 0.3 is 0 Å². The van der Waals surface area contributed by atoms with E-state index in [0.29, 0.717) is 23.2 Å². The van der Waals surface area contributed by atoms with Gasteiger partial charge in [-0.2, -0.15) is 0 Å². The van der Waals surface area contributed by atoms with Crippen LogP contribution in [0.25, 0.3) is 0 Å². The van der Waals surface area contributed by atoms with Crippen molar-refractivity contribution < 1.29 is 9.84 Å². The summed E-state index contributed by atoms with van der Waals surface area (Å²) >= 11 is 12.1. The Balaban J connectivity index is 1.41. The smallest absolute Gasteiger partial charge is 0.0900 e. The molecule has 5 nitrogen and oxygen atoms in total. The first-order chi connectivity index (χ1) is 13.0. The molecule has 2 heterocycles. The first-order valence-electron chi connectivity index (χ1n) is 9.15. The van der Waals surface area contributed by atoms with Crippen molar-refractivity contribution in [3.8, 4) is 0 Å². The van der Waals surface area contributed by atoms with Gasteiger partial charge in [0.15, 0.2) is 0 Å². The van der Waals surface area contributed by atoms with Crippen LogP contribution >= 0.6 is 23.2 Å². The highest BCUT2D eigenvalue weighted by atomic mass is 35.5. The van der Waals surface area contributed by atoms with E-state index in [0.717, 1.165) is 37.4 Å². The number of benzene rings is 1. The summed E-state index contributed by atoms with van der Waals surface area (Å²) in [5.41, 5.74) is 2.07. The van der Waals surface area contributed by atoms with Crippen LogP contribution in [0.5, 0.6) is 0 Å². The summed E-state index contributed by atoms with van der Waals surface area (Å²) in [4.78, 5) is 8.54. The summed E-state index contributed by atoms with van der Waals surface area (Å²) in [5, 5.41) is 11.7. The van der Waals surface area contributed by atoms with Crippen LogP contribution in [0.15, 0.2) is 42.7 Å². The van der Waals surface area contributed by atoms with Gasteiger partial charge in [0.05, 0.1) is 29.5 Å². The molecule has 1 aliphatic rings. The molecule has 0 amide bonds. The monoisotopic (exact) mass is 409 g/mol. The second-order valence-electron chi connectivity index (χ2n) is 6.80. The van der Waals surface area contributed by atoms with Crippen molar-refractivity contribution in [3.63, 3.8) is 0 Å². The number of ether oxygens (including phenoxy) is 1. The van der Waals surface area contributed by atoms with Gasteiger partial charge in [0.2, 0.25) is 0 Å². The summed E-state index contributed by atoms with van der Waals surface area (Å²) < 4.78 is 5.82. The van der Waals surface area contributed by atoms with E-state index in [1.807, 2.05) is 37.3 Å². The Labute approximate surface area is 170 Å². The Morgan fingerprint density at radius 1 is 1.11 bits per heavy atom. The minimum atomic E-state index is -0.518. The topological polar surface area (TPSA) is 48.8 Å². The number of β-amino-alcohol motifs (C(OH)–C–C–N with tert-alkyl or cyclic N) is 1. The molecule has 27 heavy (non-hydrogen) atoms. The summed E-state index contributed by atoms with van der Waals surface area (Å²) in [6.45, 7) is 6.39. The third-order valence-corrected chi connectivity index (χ3v) is 5.35. The van der Waals surface area contributed by atoms with Gasteiger partial charge in [-0.1, -0.05) is 35.3 Å². The van der Waals surface area contributed by atoms with Crippen LogP contribution in [0, 0.1) is 0 Å². The second kappa shape index (κ2) is 9.71. The number of anilines is 1. The van der Waals surface area contributed by atoms with Crippen molar-refractivity contribution >= 4 is 28.9 Å². The quantitative estimate of drug-likeness (QED) is 0.755. The lowest BCUT2D eigenvalue weighted by molar-refractivity contribution is -0.0162. The molecule has 3 rings (SSSR count). The number of aliphatic hydroxyl groups excluding tert-OH is 1. The summed E-state index contributed by atoms with van der Waals surface area (Å²) in [7, 11) is 0. The first-order valence-corrected chi connectivity index (χ1v) is 9.90. The zero-order valence-electron chi connectivity index (χ0n) is 15.4. The molecule has 0 radical (unpaired) electrons. The molecule has 1 N–H and O–H groups in total. The molecule has 1 aromatic carbocycles. The van der Waals surface area contributed by atoms with Crippen molar-refractivity contribution in [2.45, 2.75) is 19.1 Å². The lowest BCUT2D eigenvalue weighted by atomic mass is 10.1. The maximum atomic E-state index is 10.3. The Morgan fingerprint density at radius 2 is 1.81 bits per heavy atom. The molecule has 0 aliphatic carbocycles. The van der Waals surface area contributed by atoms with Crippen molar-refractivity contribution in [3.05, 3.63) is 58.3 Å². The maximum absolute atomic E-state index is 10.3. The Morgan fingerprint density at radius 3 is 2.48 bits per heavy atom. The van der Waals surface area contributed by atoms with Crippen LogP contribution in [0.3, 0.4) is 0 Å². The number of aliphatic hydroxyl groups is 1. The summed E-state index contributed by atoms with van der Waals surface area (Å²) in [5.74, 6) is 0. The lowest BCUT2D eigenvalue weighted by Gasteiger charge is -2.37. The SMILES string of the molecule is CC(OCC(O)CN1CCN(c2ccncc2Cl)CC1)c1ccc(Cl)cc1. The fraction of sp³-hybridized carbons (Fsp3) is 0.450. The van der Waals surface area contributed by atoms with E-state index in [4.69, 9.17) is 27.9 Å². The highest BCUT2D eigenvalue weighted by molar-refractivity contribution is 6.33. The Hall–Kier alpha value is -1.37. The average Bonchev–Trinajstić information content (AvgIpc) is 2.68. The number of hydrogen-bond acceptors (Lipinski definition) is 5. The Kier molecular flexibility index (Phi) is 7.33. The van der Waals surface area contributed by atoms with Gasteiger partial charge in [0, 0.05) is 50.1 Å². The number of piperazine rings is 1. The third kappa shape index (κ3) is 5.80. The Bertz CT molecular complexity index is 721. The molecule has 2 aromatic rings. The van der Waals surface area contributed by atoms with Crippen LogP contribution in [-0.4, -0.2) is 60.4 Å². The highest BCUT2D eigenvalue weighted by Crippen LogP contribution is 2.25. The molecule has 0 spiro atoms. The number of halogens is 2. The predicted octanol–water partition coefficient (Wildman–Crippen LogP) is 3.65. The number of pyridine rings is 1. The number of rotatable bonds is 7. The molecule has 1 saturated heterocycles. The molecule has 2 atom stereocenters. The van der Waals surface area contributed by atoms with Gasteiger partial charge in [-0.25, -0.2) is 0 Å². The number of nitrogens with zero attached hydrogens (tertiary/aromatic N) is 3. The van der Waals surface area contributed by atoms with E-state index < -0.39 is 6.10 Å². The predicted molar refractivity (Wildman–Crippen MR) is 110 cm³/mol. The molecule has 0 bridgehead atoms. The van der Waals surface area contributed by atoms with Crippen molar-refractivity contribution in [1.29, 1.82) is 0 Å². The molecule has 7 heteroatoms. The van der Waals surface area contributed by atoms with Gasteiger partial charge in [0.1, 0.15) is 0 Å². The van der Waals surface area contributed by atoms with Crippen LogP contribution < -0.4 is 4.90 Å². The average molecular weight is 410 g/mol. The first kappa shape index (κ1) is 20.4. The summed E-state index contributed by atoms with van der Waals surface area (Å²) in [6.07, 6.45) is 2.83. The molecular weight excluding hydrogens is 385 g/mol. The molecule has 146 valence electrons. The minimum Gasteiger partial charge on any atom is -0.389 e. The molecule has 0 saturated carbocycles. The van der Waals surface area contributed by atoms with E-state index in [-0.39, 0.29) is 6.10 Å². The van der Waals surface area contributed by atoms with E-state index in [1.165, 1.54) is 0 Å². The molecule has 2 unspecified atom stereocenters. The largest absolute Gasteiger partial charge is 0.389 e. The van der Waals surface area contributed by atoms with Gasteiger partial charge in [-0.05, 0) is 30.7 Å². The van der Waals surface area contributed by atoms with E-state index >= 15 is 0 Å². The number of aromatic nitrogens is 1. The van der Waals surface area contributed by atoms with Crippen molar-refractivity contribution in [2.24, 2.45) is 0 Å². The molecule has 1 fully saturated rings. The molecule has 1 aliphatic heterocycles. The summed E-state index contributed by atoms with van der Waals surface area (Å²) in [6, 6.07) is 9.54. The van der Waals surface area contributed by atoms with Crippen LogP contribution in [0.2, 0.25) is 10.0 Å². The second-order valence-corrected chi connectivity index (χ2v) is 7.64. The van der Waals surface area contributed by atoms with Crippen LogP contribution in [0.4, 0.5) is 5.69 Å². The van der Waals surface area contributed by atoms with E-state index in [9.17, 15) is 5.11 Å². The van der Waals surface area contributed by atoms with Gasteiger partial charge < -0.3 is 14.7 Å². The fourth-order valence-electron chi connectivity index (χ4n) is 3.23. The number of hydrogen-bond donors (Lipinski definition) is 1. The van der Waals surface area contributed by atoms with Gasteiger partial charge in [-0.3, -0.25) is 9.88 Å². The fourth-order valence-corrected chi connectivity index (χ4v) is 3.60. The highest BCUT2D eigenvalue weighted by Gasteiger charge is 2.21. The zero-order chi connectivity index (χ0) is 19.2. The minimum absolute atomic E-state index is 0.0809. The van der Waals surface area contributed by atoms with Crippen molar-refractivity contribution in [2.75, 3.05) is 44.2 Å². The van der Waals surface area contributed by atoms with E-state index in [2.05, 4.69) is 14.8 Å². The third-order valence-electron chi connectivity index (χ3n) is 4.81. The molecular formula is C20H25Cl2N3O2. The van der Waals surface area contributed by atoms with Crippen LogP contribution in [0.1, 0.15) is 18.6 Å². The van der Waals surface area contributed by atoms with Crippen molar-refractivity contribution in [1.82, 2.24) is 9.88 Å². The van der Waals surface area contributed by atoms with E-state index in [1.54, 1.807) is 12.4 Å². The van der Waals surface area contributed by atoms with Gasteiger partial charge in [-0.15, -0.1) is 0 Å².